The van der Waals surface area contributed by atoms with Crippen LogP contribution in [0.25, 0.3) is 0 Å². The van der Waals surface area contributed by atoms with Crippen LogP contribution in [0.4, 0.5) is 10.1 Å². The number of aromatic hydroxyl groups is 1. The highest BCUT2D eigenvalue weighted by atomic mass is 32.1. The molecule has 0 saturated carbocycles. The number of hydrogen-bond acceptors (Lipinski definition) is 5. The Balaban J connectivity index is 1.58. The number of anilines is 1. The molecule has 0 bridgehead atoms. The number of thiazole rings is 1. The predicted molar refractivity (Wildman–Crippen MR) is 93.1 cm³/mol. The lowest BCUT2D eigenvalue weighted by Gasteiger charge is -2.18. The molecule has 0 unspecified atom stereocenters. The molecule has 1 N–H and O–H groups in total. The maximum atomic E-state index is 12.9. The topological polar surface area (TPSA) is 45.6 Å². The van der Waals surface area contributed by atoms with Crippen molar-refractivity contribution >= 4 is 17.0 Å². The third-order valence-electron chi connectivity index (χ3n) is 3.44. The van der Waals surface area contributed by atoms with Crippen molar-refractivity contribution in [3.8, 4) is 11.5 Å². The predicted octanol–water partition coefficient (Wildman–Crippen LogP) is 4.20. The maximum absolute atomic E-state index is 12.9. The first-order valence-corrected chi connectivity index (χ1v) is 8.30. The summed E-state index contributed by atoms with van der Waals surface area (Å²) < 4.78 is 18.5. The van der Waals surface area contributed by atoms with Gasteiger partial charge in [-0.15, -0.1) is 11.3 Å². The first-order valence-electron chi connectivity index (χ1n) is 7.42. The van der Waals surface area contributed by atoms with E-state index in [4.69, 9.17) is 4.74 Å². The average Bonchev–Trinajstić information content (AvgIpc) is 3.02. The summed E-state index contributed by atoms with van der Waals surface area (Å²) in [4.78, 5) is 6.56. The van der Waals surface area contributed by atoms with Gasteiger partial charge in [0.05, 0.1) is 12.2 Å². The molecule has 0 amide bonds. The summed E-state index contributed by atoms with van der Waals surface area (Å²) in [7, 11) is 1.95. The fourth-order valence-electron chi connectivity index (χ4n) is 2.23. The highest BCUT2D eigenvalue weighted by molar-refractivity contribution is 7.09. The largest absolute Gasteiger partial charge is 0.508 e. The van der Waals surface area contributed by atoms with Gasteiger partial charge in [-0.1, -0.05) is 6.07 Å². The second kappa shape index (κ2) is 7.31. The van der Waals surface area contributed by atoms with Gasteiger partial charge in [0.2, 0.25) is 0 Å². The second-order valence-electron chi connectivity index (χ2n) is 5.35. The van der Waals surface area contributed by atoms with Crippen molar-refractivity contribution < 1.29 is 14.2 Å². The van der Waals surface area contributed by atoms with Crippen molar-refractivity contribution in [2.45, 2.75) is 13.2 Å². The van der Waals surface area contributed by atoms with Crippen molar-refractivity contribution in [2.24, 2.45) is 0 Å². The molecular formula is C18H17FN2O2S. The summed E-state index contributed by atoms with van der Waals surface area (Å²) in [6, 6.07) is 13.0. The number of halogens is 1. The van der Waals surface area contributed by atoms with Crippen LogP contribution in [-0.2, 0) is 13.2 Å². The average molecular weight is 344 g/mol. The van der Waals surface area contributed by atoms with E-state index in [1.54, 1.807) is 24.3 Å². The summed E-state index contributed by atoms with van der Waals surface area (Å²) in [6.45, 7) is 0.989. The van der Waals surface area contributed by atoms with Gasteiger partial charge in [0.15, 0.2) is 0 Å². The maximum Gasteiger partial charge on any atom is 0.140 e. The van der Waals surface area contributed by atoms with Gasteiger partial charge in [-0.2, -0.15) is 0 Å². The number of benzene rings is 2. The molecule has 0 spiro atoms. The van der Waals surface area contributed by atoms with Crippen LogP contribution in [-0.4, -0.2) is 17.1 Å². The lowest BCUT2D eigenvalue weighted by atomic mass is 10.2. The van der Waals surface area contributed by atoms with Gasteiger partial charge in [0.25, 0.3) is 0 Å². The van der Waals surface area contributed by atoms with Crippen LogP contribution in [0.3, 0.4) is 0 Å². The van der Waals surface area contributed by atoms with Crippen molar-refractivity contribution in [1.29, 1.82) is 0 Å². The summed E-state index contributed by atoms with van der Waals surface area (Å²) in [5, 5.41) is 12.4. The molecule has 0 radical (unpaired) electrons. The fourth-order valence-corrected chi connectivity index (χ4v) is 2.92. The molecule has 124 valence electrons. The summed E-state index contributed by atoms with van der Waals surface area (Å²) >= 11 is 1.53. The number of phenolic OH excluding ortho intramolecular Hbond substituents is 1. The second-order valence-corrected chi connectivity index (χ2v) is 6.29. The summed E-state index contributed by atoms with van der Waals surface area (Å²) in [5.41, 5.74) is 1.86. The molecule has 0 atom stereocenters. The minimum atomic E-state index is -0.283. The molecule has 0 aliphatic heterocycles. The number of aromatic nitrogens is 1. The van der Waals surface area contributed by atoms with Crippen LogP contribution in [0.2, 0.25) is 0 Å². The molecule has 1 aromatic heterocycles. The summed E-state index contributed by atoms with van der Waals surface area (Å²) in [6.07, 6.45) is 0. The van der Waals surface area contributed by atoms with Crippen LogP contribution in [0.15, 0.2) is 53.9 Å². The molecule has 3 aromatic rings. The molecule has 3 rings (SSSR count). The molecule has 1 heterocycles. The number of phenols is 1. The first-order chi connectivity index (χ1) is 11.6. The normalized spacial score (nSPS) is 10.6. The van der Waals surface area contributed by atoms with E-state index in [-0.39, 0.29) is 11.6 Å². The molecule has 6 heteroatoms. The highest BCUT2D eigenvalue weighted by Gasteiger charge is 2.08. The third-order valence-corrected chi connectivity index (χ3v) is 4.32. The Bertz CT molecular complexity index is 805. The molecule has 0 fully saturated rings. The molecule has 0 saturated heterocycles. The number of rotatable bonds is 6. The van der Waals surface area contributed by atoms with Crippen molar-refractivity contribution in [3.05, 3.63) is 70.4 Å². The Hall–Kier alpha value is -2.60. The lowest BCUT2D eigenvalue weighted by molar-refractivity contribution is 0.305. The van der Waals surface area contributed by atoms with E-state index in [1.165, 1.54) is 23.5 Å². The van der Waals surface area contributed by atoms with Gasteiger partial charge in [0, 0.05) is 24.2 Å². The first kappa shape index (κ1) is 16.3. The van der Waals surface area contributed by atoms with Crippen molar-refractivity contribution in [2.75, 3.05) is 11.9 Å². The third kappa shape index (κ3) is 4.23. The Morgan fingerprint density at radius 1 is 1.21 bits per heavy atom. The van der Waals surface area contributed by atoms with Crippen molar-refractivity contribution in [3.63, 3.8) is 0 Å². The highest BCUT2D eigenvalue weighted by Crippen LogP contribution is 2.21. The molecular weight excluding hydrogens is 327 g/mol. The van der Waals surface area contributed by atoms with Crippen molar-refractivity contribution in [1.82, 2.24) is 4.98 Å². The summed E-state index contributed by atoms with van der Waals surface area (Å²) in [5.74, 6) is 0.574. The Morgan fingerprint density at radius 2 is 2.00 bits per heavy atom. The Labute approximate surface area is 143 Å². The van der Waals surface area contributed by atoms with E-state index in [2.05, 4.69) is 4.98 Å². The molecule has 24 heavy (non-hydrogen) atoms. The molecule has 0 aliphatic rings. The van der Waals surface area contributed by atoms with E-state index in [1.807, 2.05) is 29.5 Å². The van der Waals surface area contributed by atoms with E-state index in [0.717, 1.165) is 16.4 Å². The smallest absolute Gasteiger partial charge is 0.140 e. The number of nitrogens with zero attached hydrogens (tertiary/aromatic N) is 2. The standard InChI is InChI=1S/C18H17FN2O2S/c1-21(15-3-2-4-16(22)9-15)10-14-12-24-18(20-14)11-23-17-7-5-13(19)6-8-17/h2-9,12,22H,10-11H2,1H3. The van der Waals surface area contributed by atoms with E-state index < -0.39 is 0 Å². The van der Waals surface area contributed by atoms with E-state index in [0.29, 0.717) is 18.9 Å². The van der Waals surface area contributed by atoms with E-state index >= 15 is 0 Å². The van der Waals surface area contributed by atoms with Crippen LogP contribution in [0.1, 0.15) is 10.7 Å². The van der Waals surface area contributed by atoms with Gasteiger partial charge in [-0.05, 0) is 36.4 Å². The van der Waals surface area contributed by atoms with Gasteiger partial charge >= 0.3 is 0 Å². The molecule has 2 aromatic carbocycles. The Morgan fingerprint density at radius 3 is 2.75 bits per heavy atom. The molecule has 0 aliphatic carbocycles. The van der Waals surface area contributed by atoms with Gasteiger partial charge in [-0.3, -0.25) is 0 Å². The quantitative estimate of drug-likeness (QED) is 0.728. The van der Waals surface area contributed by atoms with Gasteiger partial charge in [0.1, 0.15) is 28.9 Å². The zero-order chi connectivity index (χ0) is 16.9. The van der Waals surface area contributed by atoms with Crippen LogP contribution < -0.4 is 9.64 Å². The Kier molecular flexibility index (Phi) is 4.96. The zero-order valence-corrected chi connectivity index (χ0v) is 14.0. The minimum Gasteiger partial charge on any atom is -0.508 e. The monoisotopic (exact) mass is 344 g/mol. The van der Waals surface area contributed by atoms with Gasteiger partial charge < -0.3 is 14.7 Å². The van der Waals surface area contributed by atoms with E-state index in [9.17, 15) is 9.50 Å². The van der Waals surface area contributed by atoms with Crippen LogP contribution >= 0.6 is 11.3 Å². The molecule has 4 nitrogen and oxygen atoms in total. The SMILES string of the molecule is CN(Cc1csc(COc2ccc(F)cc2)n1)c1cccc(O)c1. The zero-order valence-electron chi connectivity index (χ0n) is 13.1. The fraction of sp³-hybridized carbons (Fsp3) is 0.167. The minimum absolute atomic E-state index is 0.242. The number of hydrogen-bond donors (Lipinski definition) is 1. The lowest BCUT2D eigenvalue weighted by Crippen LogP contribution is -2.16. The van der Waals surface area contributed by atoms with Gasteiger partial charge in [-0.25, -0.2) is 9.37 Å². The van der Waals surface area contributed by atoms with Crippen LogP contribution in [0, 0.1) is 5.82 Å². The van der Waals surface area contributed by atoms with Crippen LogP contribution in [0.5, 0.6) is 11.5 Å². The number of ether oxygens (including phenoxy) is 1.